The molecule has 150 valence electrons. The van der Waals surface area contributed by atoms with Crippen molar-refractivity contribution < 1.29 is 13.2 Å². The van der Waals surface area contributed by atoms with Gasteiger partial charge in [0.2, 0.25) is 10.0 Å². The van der Waals surface area contributed by atoms with Gasteiger partial charge < -0.3 is 0 Å². The molecular weight excluding hydrogens is 398 g/mol. The van der Waals surface area contributed by atoms with E-state index in [9.17, 15) is 13.2 Å². The van der Waals surface area contributed by atoms with E-state index >= 15 is 0 Å². The summed E-state index contributed by atoms with van der Waals surface area (Å²) in [5.41, 5.74) is 6.21. The van der Waals surface area contributed by atoms with Crippen LogP contribution in [0.25, 0.3) is 0 Å². The molecule has 0 spiro atoms. The van der Waals surface area contributed by atoms with Crippen molar-refractivity contribution in [2.75, 3.05) is 12.5 Å². The van der Waals surface area contributed by atoms with E-state index in [1.54, 1.807) is 43.4 Å². The lowest BCUT2D eigenvalue weighted by molar-refractivity contribution is 0.0962. The van der Waals surface area contributed by atoms with E-state index in [1.165, 1.54) is 16.4 Å². The maximum Gasteiger partial charge on any atom is 0.269 e. The third-order valence-electron chi connectivity index (χ3n) is 5.01. The predicted octanol–water partition coefficient (Wildman–Crippen LogP) is 4.05. The molecule has 0 aromatic heterocycles. The van der Waals surface area contributed by atoms with E-state index < -0.39 is 15.9 Å². The summed E-state index contributed by atoms with van der Waals surface area (Å²) in [4.78, 5) is 12.6. The molecule has 0 bridgehead atoms. The van der Waals surface area contributed by atoms with E-state index in [2.05, 4.69) is 10.9 Å². The summed E-state index contributed by atoms with van der Waals surface area (Å²) >= 11 is 5.92. The topological polar surface area (TPSA) is 78.5 Å². The van der Waals surface area contributed by atoms with Gasteiger partial charge in [0.05, 0.1) is 10.6 Å². The molecule has 6 nitrogen and oxygen atoms in total. The molecule has 1 fully saturated rings. The minimum atomic E-state index is -3.65. The summed E-state index contributed by atoms with van der Waals surface area (Å²) in [5, 5.41) is 0.540. The third kappa shape index (κ3) is 4.84. The van der Waals surface area contributed by atoms with Crippen molar-refractivity contribution in [3.63, 3.8) is 0 Å². The quantitative estimate of drug-likeness (QED) is 0.689. The van der Waals surface area contributed by atoms with Gasteiger partial charge in [0, 0.05) is 23.7 Å². The fourth-order valence-corrected chi connectivity index (χ4v) is 5.02. The maximum atomic E-state index is 13.0. The number of nitrogens with one attached hydrogen (secondary N) is 2. The van der Waals surface area contributed by atoms with Crippen molar-refractivity contribution in [3.05, 3.63) is 59.1 Å². The lowest BCUT2D eigenvalue weighted by Gasteiger charge is -2.30. The van der Waals surface area contributed by atoms with Crippen LogP contribution in [-0.2, 0) is 10.0 Å². The van der Waals surface area contributed by atoms with Crippen LogP contribution in [-0.4, -0.2) is 31.7 Å². The summed E-state index contributed by atoms with van der Waals surface area (Å²) in [6.07, 6.45) is 4.99. The summed E-state index contributed by atoms with van der Waals surface area (Å²) in [7, 11) is -2.03. The van der Waals surface area contributed by atoms with Crippen molar-refractivity contribution >= 4 is 33.2 Å². The molecule has 8 heteroatoms. The molecule has 28 heavy (non-hydrogen) atoms. The fraction of sp³-hybridized carbons (Fsp3) is 0.350. The Morgan fingerprint density at radius 2 is 1.79 bits per heavy atom. The SMILES string of the molecule is CN(C1CCCCC1)S(=O)(=O)c1cccc(C(=O)NNc2cccc(Cl)c2)c1. The van der Waals surface area contributed by atoms with E-state index in [0.29, 0.717) is 10.7 Å². The normalized spacial score (nSPS) is 15.4. The van der Waals surface area contributed by atoms with E-state index in [-0.39, 0.29) is 16.5 Å². The first kappa shape index (κ1) is 20.6. The van der Waals surface area contributed by atoms with Crippen molar-refractivity contribution in [1.29, 1.82) is 0 Å². The highest BCUT2D eigenvalue weighted by Crippen LogP contribution is 2.26. The molecular formula is C20H24ClN3O3S. The van der Waals surface area contributed by atoms with Crippen LogP contribution < -0.4 is 10.9 Å². The van der Waals surface area contributed by atoms with E-state index in [4.69, 9.17) is 11.6 Å². The predicted molar refractivity (Wildman–Crippen MR) is 111 cm³/mol. The first-order valence-electron chi connectivity index (χ1n) is 9.28. The number of hydrogen-bond donors (Lipinski definition) is 2. The van der Waals surface area contributed by atoms with Gasteiger partial charge in [0.15, 0.2) is 0 Å². The number of rotatable bonds is 6. The molecule has 2 N–H and O–H groups in total. The molecule has 0 heterocycles. The molecule has 1 saturated carbocycles. The third-order valence-corrected chi connectivity index (χ3v) is 7.15. The number of sulfonamides is 1. The second kappa shape index (κ2) is 8.94. The Labute approximate surface area is 170 Å². The minimum absolute atomic E-state index is 0.0146. The second-order valence-electron chi connectivity index (χ2n) is 6.93. The largest absolute Gasteiger partial charge is 0.298 e. The molecule has 0 aliphatic heterocycles. The van der Waals surface area contributed by atoms with Gasteiger partial charge in [0.25, 0.3) is 5.91 Å². The van der Waals surface area contributed by atoms with Gasteiger partial charge in [-0.2, -0.15) is 4.31 Å². The molecule has 0 saturated heterocycles. The van der Waals surface area contributed by atoms with Gasteiger partial charge in [-0.05, 0) is 49.2 Å². The van der Waals surface area contributed by atoms with E-state index in [1.807, 2.05) is 0 Å². The molecule has 1 aliphatic carbocycles. The Morgan fingerprint density at radius 1 is 1.07 bits per heavy atom. The van der Waals surface area contributed by atoms with Crippen LogP contribution in [0.3, 0.4) is 0 Å². The number of nitrogens with zero attached hydrogens (tertiary/aromatic N) is 1. The fourth-order valence-electron chi connectivity index (χ4n) is 3.37. The molecule has 0 radical (unpaired) electrons. The number of benzene rings is 2. The van der Waals surface area contributed by atoms with Crippen LogP contribution in [0.4, 0.5) is 5.69 Å². The lowest BCUT2D eigenvalue weighted by atomic mass is 9.96. The summed E-state index contributed by atoms with van der Waals surface area (Å²) < 4.78 is 27.4. The molecule has 1 amide bonds. The number of hydrazine groups is 1. The molecule has 3 rings (SSSR count). The first-order valence-corrected chi connectivity index (χ1v) is 11.1. The highest BCUT2D eigenvalue weighted by molar-refractivity contribution is 7.89. The zero-order valence-electron chi connectivity index (χ0n) is 15.7. The van der Waals surface area contributed by atoms with Gasteiger partial charge in [0.1, 0.15) is 0 Å². The molecule has 2 aromatic carbocycles. The van der Waals surface area contributed by atoms with Gasteiger partial charge >= 0.3 is 0 Å². The first-order chi connectivity index (χ1) is 13.4. The van der Waals surface area contributed by atoms with Gasteiger partial charge in [-0.3, -0.25) is 15.6 Å². The molecule has 2 aromatic rings. The Hall–Kier alpha value is -2.09. The number of halogens is 1. The average Bonchev–Trinajstić information content (AvgIpc) is 2.72. The van der Waals surface area contributed by atoms with E-state index in [0.717, 1.165) is 32.1 Å². The standard InChI is InChI=1S/C20H24ClN3O3S/c1-24(18-10-3-2-4-11-18)28(26,27)19-12-5-7-15(13-19)20(25)23-22-17-9-6-8-16(21)14-17/h5-9,12-14,18,22H,2-4,10-11H2,1H3,(H,23,25). The van der Waals surface area contributed by atoms with Crippen LogP contribution in [0, 0.1) is 0 Å². The van der Waals surface area contributed by atoms with Crippen LogP contribution in [0.1, 0.15) is 42.5 Å². The van der Waals surface area contributed by atoms with Crippen LogP contribution in [0.5, 0.6) is 0 Å². The zero-order valence-corrected chi connectivity index (χ0v) is 17.3. The monoisotopic (exact) mass is 421 g/mol. The summed E-state index contributed by atoms with van der Waals surface area (Å²) in [5.74, 6) is -0.433. The van der Waals surface area contributed by atoms with Crippen LogP contribution >= 0.6 is 11.6 Å². The number of carbonyl (C=O) groups excluding carboxylic acids is 1. The van der Waals surface area contributed by atoms with Crippen molar-refractivity contribution in [2.24, 2.45) is 0 Å². The molecule has 0 atom stereocenters. The Balaban J connectivity index is 1.72. The number of anilines is 1. The van der Waals surface area contributed by atoms with Gasteiger partial charge in [-0.15, -0.1) is 0 Å². The smallest absolute Gasteiger partial charge is 0.269 e. The molecule has 1 aliphatic rings. The zero-order chi connectivity index (χ0) is 20.1. The van der Waals surface area contributed by atoms with Crippen molar-refractivity contribution in [3.8, 4) is 0 Å². The number of amides is 1. The molecule has 0 unspecified atom stereocenters. The average molecular weight is 422 g/mol. The highest BCUT2D eigenvalue weighted by Gasteiger charge is 2.29. The minimum Gasteiger partial charge on any atom is -0.298 e. The van der Waals surface area contributed by atoms with Crippen LogP contribution in [0.15, 0.2) is 53.4 Å². The number of carbonyl (C=O) groups is 1. The van der Waals surface area contributed by atoms with Gasteiger partial charge in [-0.1, -0.05) is 43.0 Å². The second-order valence-corrected chi connectivity index (χ2v) is 9.36. The van der Waals surface area contributed by atoms with Crippen LogP contribution in [0.2, 0.25) is 5.02 Å². The lowest BCUT2D eigenvalue weighted by Crippen LogP contribution is -2.38. The summed E-state index contributed by atoms with van der Waals surface area (Å²) in [6.45, 7) is 0. The van der Waals surface area contributed by atoms with Crippen molar-refractivity contribution in [1.82, 2.24) is 9.73 Å². The maximum absolute atomic E-state index is 13.0. The highest BCUT2D eigenvalue weighted by atomic mass is 35.5. The Bertz CT molecular complexity index is 943. The van der Waals surface area contributed by atoms with Crippen molar-refractivity contribution in [2.45, 2.75) is 43.0 Å². The summed E-state index contributed by atoms with van der Waals surface area (Å²) in [6, 6.07) is 13.0. The van der Waals surface area contributed by atoms with Gasteiger partial charge in [-0.25, -0.2) is 8.42 Å². The Kier molecular flexibility index (Phi) is 6.59. The Morgan fingerprint density at radius 3 is 2.50 bits per heavy atom. The number of hydrogen-bond acceptors (Lipinski definition) is 4.